The molecule has 0 rings (SSSR count). The van der Waals surface area contributed by atoms with Gasteiger partial charge in [0.25, 0.3) is 0 Å². The molecule has 0 radical (unpaired) electrons. The highest BCUT2D eigenvalue weighted by molar-refractivity contribution is 5.85. The van der Waals surface area contributed by atoms with Gasteiger partial charge in [0.15, 0.2) is 0 Å². The Kier molecular flexibility index (Phi) is 6.70. The van der Waals surface area contributed by atoms with Crippen LogP contribution in [0.5, 0.6) is 0 Å². The third-order valence-electron chi connectivity index (χ3n) is 2.00. The summed E-state index contributed by atoms with van der Waals surface area (Å²) in [6.07, 6.45) is 0.857. The minimum absolute atomic E-state index is 0.0328. The first-order chi connectivity index (χ1) is 7.02. The Morgan fingerprint density at radius 1 is 1.20 bits per heavy atom. The molecule has 0 bridgehead atoms. The van der Waals surface area contributed by atoms with E-state index in [1.54, 1.807) is 26.0 Å². The highest BCUT2D eigenvalue weighted by Gasteiger charge is 2.16. The Bertz CT molecular complexity index is 217. The zero-order valence-electron chi connectivity index (χ0n) is 10.0. The minimum atomic E-state index is -0.0482. The largest absolute Gasteiger partial charge is 0.347 e. The van der Waals surface area contributed by atoms with Crippen LogP contribution < -0.4 is 5.32 Å². The third kappa shape index (κ3) is 5.37. The standard InChI is InChI=1S/C10H21N3O2/c1-5-6-13(9(14)7-11-2)8-10(15)12(3)4/h11H,5-8H2,1-4H3. The highest BCUT2D eigenvalue weighted by Crippen LogP contribution is 1.94. The molecule has 15 heavy (non-hydrogen) atoms. The molecule has 0 aliphatic heterocycles. The molecule has 0 aliphatic carbocycles. The number of likely N-dealkylation sites (N-methyl/N-ethyl adjacent to an activating group) is 2. The summed E-state index contributed by atoms with van der Waals surface area (Å²) in [5.74, 6) is -0.0811. The van der Waals surface area contributed by atoms with E-state index in [2.05, 4.69) is 5.32 Å². The van der Waals surface area contributed by atoms with Crippen LogP contribution in [0.3, 0.4) is 0 Å². The second-order valence-corrected chi connectivity index (χ2v) is 3.63. The molecule has 0 atom stereocenters. The summed E-state index contributed by atoms with van der Waals surface area (Å²) in [7, 11) is 5.10. The average Bonchev–Trinajstić information content (AvgIpc) is 2.17. The van der Waals surface area contributed by atoms with Gasteiger partial charge in [0.05, 0.1) is 13.1 Å². The summed E-state index contributed by atoms with van der Waals surface area (Å²) in [6.45, 7) is 3.06. The van der Waals surface area contributed by atoms with E-state index in [0.717, 1.165) is 6.42 Å². The van der Waals surface area contributed by atoms with Crippen LogP contribution in [-0.4, -0.2) is 62.4 Å². The monoisotopic (exact) mass is 215 g/mol. The van der Waals surface area contributed by atoms with Crippen LogP contribution >= 0.6 is 0 Å². The smallest absolute Gasteiger partial charge is 0.241 e. The van der Waals surface area contributed by atoms with Crippen LogP contribution in [0.25, 0.3) is 0 Å². The van der Waals surface area contributed by atoms with E-state index in [1.165, 1.54) is 4.90 Å². The van der Waals surface area contributed by atoms with Crippen molar-refractivity contribution in [3.63, 3.8) is 0 Å². The molecule has 0 aromatic rings. The molecule has 0 aromatic carbocycles. The van der Waals surface area contributed by atoms with Gasteiger partial charge < -0.3 is 15.1 Å². The normalized spacial score (nSPS) is 9.87. The second-order valence-electron chi connectivity index (χ2n) is 3.63. The van der Waals surface area contributed by atoms with E-state index < -0.39 is 0 Å². The lowest BCUT2D eigenvalue weighted by atomic mass is 10.3. The van der Waals surface area contributed by atoms with Crippen molar-refractivity contribution < 1.29 is 9.59 Å². The van der Waals surface area contributed by atoms with Crippen LogP contribution in [0, 0.1) is 0 Å². The van der Waals surface area contributed by atoms with E-state index in [1.807, 2.05) is 6.92 Å². The van der Waals surface area contributed by atoms with Crippen molar-refractivity contribution in [1.82, 2.24) is 15.1 Å². The Labute approximate surface area is 91.4 Å². The summed E-state index contributed by atoms with van der Waals surface area (Å²) < 4.78 is 0. The molecule has 0 fully saturated rings. The number of rotatable bonds is 6. The van der Waals surface area contributed by atoms with E-state index in [9.17, 15) is 9.59 Å². The fourth-order valence-electron chi connectivity index (χ4n) is 1.13. The second kappa shape index (κ2) is 7.23. The van der Waals surface area contributed by atoms with Gasteiger partial charge in [-0.15, -0.1) is 0 Å². The SMILES string of the molecule is CCCN(CC(=O)N(C)C)C(=O)CNC. The van der Waals surface area contributed by atoms with Crippen LogP contribution in [-0.2, 0) is 9.59 Å². The van der Waals surface area contributed by atoms with Gasteiger partial charge in [-0.3, -0.25) is 9.59 Å². The van der Waals surface area contributed by atoms with Crippen molar-refractivity contribution >= 4 is 11.8 Å². The molecule has 5 nitrogen and oxygen atoms in total. The van der Waals surface area contributed by atoms with E-state index in [4.69, 9.17) is 0 Å². The molecule has 2 amide bonds. The first kappa shape index (κ1) is 13.9. The molecule has 0 saturated heterocycles. The van der Waals surface area contributed by atoms with E-state index in [-0.39, 0.29) is 24.9 Å². The van der Waals surface area contributed by atoms with Gasteiger partial charge >= 0.3 is 0 Å². The van der Waals surface area contributed by atoms with Crippen molar-refractivity contribution in [2.45, 2.75) is 13.3 Å². The van der Waals surface area contributed by atoms with Gasteiger partial charge in [-0.2, -0.15) is 0 Å². The Morgan fingerprint density at radius 3 is 2.20 bits per heavy atom. The Hall–Kier alpha value is -1.10. The Balaban J connectivity index is 4.26. The number of nitrogens with one attached hydrogen (secondary N) is 1. The molecule has 0 aromatic heterocycles. The summed E-state index contributed by atoms with van der Waals surface area (Å²) in [5, 5.41) is 2.79. The lowest BCUT2D eigenvalue weighted by Crippen LogP contribution is -2.43. The summed E-state index contributed by atoms with van der Waals surface area (Å²) in [5.41, 5.74) is 0. The van der Waals surface area contributed by atoms with Crippen LogP contribution in [0.2, 0.25) is 0 Å². The molecule has 5 heteroatoms. The van der Waals surface area contributed by atoms with Gasteiger partial charge in [0, 0.05) is 20.6 Å². The van der Waals surface area contributed by atoms with Crippen LogP contribution in [0.15, 0.2) is 0 Å². The van der Waals surface area contributed by atoms with Gasteiger partial charge in [-0.05, 0) is 13.5 Å². The first-order valence-corrected chi connectivity index (χ1v) is 5.15. The van der Waals surface area contributed by atoms with Gasteiger partial charge in [0.1, 0.15) is 0 Å². The molecule has 0 aliphatic rings. The zero-order valence-corrected chi connectivity index (χ0v) is 10.0. The van der Waals surface area contributed by atoms with Crippen LogP contribution in [0.4, 0.5) is 0 Å². The highest BCUT2D eigenvalue weighted by atomic mass is 16.2. The summed E-state index contributed by atoms with van der Waals surface area (Å²) in [4.78, 5) is 26.1. The average molecular weight is 215 g/mol. The van der Waals surface area contributed by atoms with Gasteiger partial charge in [0.2, 0.25) is 11.8 Å². The maximum Gasteiger partial charge on any atom is 0.241 e. The minimum Gasteiger partial charge on any atom is -0.347 e. The number of hydrogen-bond acceptors (Lipinski definition) is 3. The van der Waals surface area contributed by atoms with Crippen LogP contribution in [0.1, 0.15) is 13.3 Å². The Morgan fingerprint density at radius 2 is 1.80 bits per heavy atom. The van der Waals surface area contributed by atoms with E-state index in [0.29, 0.717) is 6.54 Å². The van der Waals surface area contributed by atoms with Crippen molar-refractivity contribution in [2.24, 2.45) is 0 Å². The third-order valence-corrected chi connectivity index (χ3v) is 2.00. The van der Waals surface area contributed by atoms with Crippen molar-refractivity contribution in [2.75, 3.05) is 40.8 Å². The molecule has 1 N–H and O–H groups in total. The van der Waals surface area contributed by atoms with Crippen molar-refractivity contribution in [1.29, 1.82) is 0 Å². The first-order valence-electron chi connectivity index (χ1n) is 5.15. The number of amides is 2. The fraction of sp³-hybridized carbons (Fsp3) is 0.800. The molecule has 0 spiro atoms. The number of carbonyl (C=O) groups is 2. The fourth-order valence-corrected chi connectivity index (χ4v) is 1.13. The lowest BCUT2D eigenvalue weighted by molar-refractivity contribution is -0.138. The van der Waals surface area contributed by atoms with Gasteiger partial charge in [-0.25, -0.2) is 0 Å². The molecule has 0 unspecified atom stereocenters. The molecular weight excluding hydrogens is 194 g/mol. The maximum absolute atomic E-state index is 11.6. The number of hydrogen-bond donors (Lipinski definition) is 1. The summed E-state index contributed by atoms with van der Waals surface area (Å²) in [6, 6.07) is 0. The lowest BCUT2D eigenvalue weighted by Gasteiger charge is -2.23. The topological polar surface area (TPSA) is 52.7 Å². The molecule has 0 saturated carbocycles. The zero-order chi connectivity index (χ0) is 11.8. The number of carbonyl (C=O) groups excluding carboxylic acids is 2. The predicted molar refractivity (Wildman–Crippen MR) is 59.5 cm³/mol. The predicted octanol–water partition coefficient (Wildman–Crippen LogP) is -0.467. The number of nitrogens with zero attached hydrogens (tertiary/aromatic N) is 2. The van der Waals surface area contributed by atoms with Gasteiger partial charge in [-0.1, -0.05) is 6.92 Å². The molecular formula is C10H21N3O2. The summed E-state index contributed by atoms with van der Waals surface area (Å²) >= 11 is 0. The maximum atomic E-state index is 11.6. The van der Waals surface area contributed by atoms with Crippen molar-refractivity contribution in [3.05, 3.63) is 0 Å². The molecule has 88 valence electrons. The van der Waals surface area contributed by atoms with E-state index >= 15 is 0 Å². The molecule has 0 heterocycles. The quantitative estimate of drug-likeness (QED) is 0.652. The van der Waals surface area contributed by atoms with Crippen molar-refractivity contribution in [3.8, 4) is 0 Å².